The number of hydrogen-bond donors (Lipinski definition) is 2. The van der Waals surface area contributed by atoms with E-state index in [-0.39, 0.29) is 6.10 Å². The second kappa shape index (κ2) is 9.68. The zero-order chi connectivity index (χ0) is 23.5. The zero-order valence-corrected chi connectivity index (χ0v) is 19.9. The number of aromatic nitrogens is 4. The van der Waals surface area contributed by atoms with E-state index in [4.69, 9.17) is 10.5 Å². The van der Waals surface area contributed by atoms with Gasteiger partial charge in [-0.25, -0.2) is 14.5 Å². The van der Waals surface area contributed by atoms with Crippen molar-refractivity contribution >= 4 is 22.9 Å². The third-order valence-electron chi connectivity index (χ3n) is 5.87. The molecule has 1 fully saturated rings. The number of pyridine rings is 1. The molecule has 0 radical (unpaired) electrons. The average molecular weight is 449 g/mol. The number of hydrogen-bond acceptors (Lipinski definition) is 8. The number of rotatable bonds is 7. The fourth-order valence-electron chi connectivity index (χ4n) is 4.35. The van der Waals surface area contributed by atoms with Gasteiger partial charge in [0.1, 0.15) is 11.6 Å². The molecular weight excluding hydrogens is 416 g/mol. The number of aryl methyl sites for hydroxylation is 2. The van der Waals surface area contributed by atoms with Crippen molar-refractivity contribution in [3.05, 3.63) is 59.3 Å². The lowest BCUT2D eigenvalue weighted by Crippen LogP contribution is -2.24. The van der Waals surface area contributed by atoms with Crippen LogP contribution < -0.4 is 11.1 Å². The number of nitrogens with two attached hydrogens (primary N) is 1. The molecule has 0 saturated carbocycles. The van der Waals surface area contributed by atoms with Crippen LogP contribution in [-0.2, 0) is 4.74 Å². The number of likely N-dealkylation sites (tertiary alicyclic amines) is 1. The minimum atomic E-state index is 0.197. The summed E-state index contributed by atoms with van der Waals surface area (Å²) >= 11 is 0. The molecule has 4 heterocycles. The van der Waals surface area contributed by atoms with Crippen LogP contribution in [0.4, 0.5) is 11.6 Å². The van der Waals surface area contributed by atoms with E-state index in [9.17, 15) is 0 Å². The first-order valence-corrected chi connectivity index (χ1v) is 11.1. The summed E-state index contributed by atoms with van der Waals surface area (Å²) in [4.78, 5) is 15.6. The van der Waals surface area contributed by atoms with Crippen molar-refractivity contribution in [1.29, 1.82) is 0 Å². The Labute approximate surface area is 194 Å². The fourth-order valence-corrected chi connectivity index (χ4v) is 4.35. The first kappa shape index (κ1) is 22.9. The molecular formula is C24H32N8O. The molecule has 0 bridgehead atoms. The minimum absolute atomic E-state index is 0.197. The Hall–Kier alpha value is -3.30. The topological polar surface area (TPSA) is 106 Å². The Morgan fingerprint density at radius 2 is 2.06 bits per heavy atom. The van der Waals surface area contributed by atoms with Gasteiger partial charge in [0.05, 0.1) is 23.9 Å². The zero-order valence-electron chi connectivity index (χ0n) is 19.9. The quantitative estimate of drug-likeness (QED) is 0.535. The number of fused-ring (bicyclic) bond motifs is 1. The Morgan fingerprint density at radius 3 is 2.73 bits per heavy atom. The summed E-state index contributed by atoms with van der Waals surface area (Å²) in [5.41, 5.74) is 10.5. The molecule has 0 aliphatic carbocycles. The molecule has 3 N–H and O–H groups in total. The number of likely N-dealkylation sites (N-methyl/N-ethyl adjacent to an activating group) is 1. The maximum absolute atomic E-state index is 6.21. The summed E-state index contributed by atoms with van der Waals surface area (Å²) < 4.78 is 8.03. The smallest absolute Gasteiger partial charge is 0.154 e. The average Bonchev–Trinajstić information content (AvgIpc) is 3.30. The van der Waals surface area contributed by atoms with Crippen LogP contribution in [0.1, 0.15) is 24.0 Å². The molecule has 0 unspecified atom stereocenters. The lowest BCUT2D eigenvalue weighted by molar-refractivity contribution is 0.0565. The highest BCUT2D eigenvalue weighted by Crippen LogP contribution is 2.21. The number of nitrogens with zero attached hydrogens (tertiary/aromatic N) is 6. The molecule has 1 aliphatic heterocycles. The molecule has 0 aromatic carbocycles. The Bertz CT molecular complexity index is 1180. The van der Waals surface area contributed by atoms with Gasteiger partial charge in [-0.15, -0.1) is 0 Å². The van der Waals surface area contributed by atoms with E-state index < -0.39 is 0 Å². The molecule has 174 valence electrons. The standard InChI is InChI=1S/C24H32N8O/c1-15-12-31(5)13-21(15)33-14-19(11-25)24(26-4)18-6-7-32-20(9-18)10-23(30-32)29-22-8-16(2)27-17(3)28-22/h6-11,15,21H,12-14,25H2,1-5H3,(H,27,28,29,30)/b19-11-,26-24?/t15-,21+/m0/s1. The molecule has 4 rings (SSSR count). The lowest BCUT2D eigenvalue weighted by atomic mass is 10.0. The highest BCUT2D eigenvalue weighted by molar-refractivity contribution is 6.13. The van der Waals surface area contributed by atoms with Gasteiger partial charge in [-0.2, -0.15) is 5.10 Å². The third-order valence-corrected chi connectivity index (χ3v) is 5.87. The molecule has 3 aromatic rings. The first-order valence-electron chi connectivity index (χ1n) is 11.1. The molecule has 9 heteroatoms. The van der Waals surface area contributed by atoms with Crippen LogP contribution in [0.25, 0.3) is 5.52 Å². The Balaban J connectivity index is 1.52. The first-order chi connectivity index (χ1) is 15.9. The van der Waals surface area contributed by atoms with E-state index in [1.54, 1.807) is 13.2 Å². The van der Waals surface area contributed by atoms with Crippen LogP contribution in [-0.4, -0.2) is 70.1 Å². The normalized spacial score (nSPS) is 20.0. The number of anilines is 2. The van der Waals surface area contributed by atoms with Crippen molar-refractivity contribution < 1.29 is 4.74 Å². The maximum Gasteiger partial charge on any atom is 0.154 e. The molecule has 3 aromatic heterocycles. The van der Waals surface area contributed by atoms with Crippen molar-refractivity contribution in [2.45, 2.75) is 26.9 Å². The molecule has 1 aliphatic rings. The van der Waals surface area contributed by atoms with Gasteiger partial charge < -0.3 is 20.7 Å². The third kappa shape index (κ3) is 5.20. The van der Waals surface area contributed by atoms with E-state index in [2.05, 4.69) is 44.2 Å². The van der Waals surface area contributed by atoms with Crippen molar-refractivity contribution in [1.82, 2.24) is 24.5 Å². The van der Waals surface area contributed by atoms with Crippen LogP contribution in [0.3, 0.4) is 0 Å². The summed E-state index contributed by atoms with van der Waals surface area (Å²) in [7, 11) is 3.90. The molecule has 2 atom stereocenters. The summed E-state index contributed by atoms with van der Waals surface area (Å²) in [6, 6.07) is 7.90. The molecule has 0 amide bonds. The number of ether oxygens (including phenoxy) is 1. The summed E-state index contributed by atoms with van der Waals surface area (Å²) in [5.74, 6) is 2.63. The van der Waals surface area contributed by atoms with E-state index in [1.165, 1.54) is 0 Å². The monoisotopic (exact) mass is 448 g/mol. The van der Waals surface area contributed by atoms with E-state index >= 15 is 0 Å². The van der Waals surface area contributed by atoms with Gasteiger partial charge >= 0.3 is 0 Å². The Kier molecular flexibility index (Phi) is 6.71. The van der Waals surface area contributed by atoms with Gasteiger partial charge in [0.25, 0.3) is 0 Å². The van der Waals surface area contributed by atoms with E-state index in [0.29, 0.717) is 24.2 Å². The predicted octanol–water partition coefficient (Wildman–Crippen LogP) is 2.71. The van der Waals surface area contributed by atoms with Gasteiger partial charge in [-0.05, 0) is 38.9 Å². The molecule has 33 heavy (non-hydrogen) atoms. The van der Waals surface area contributed by atoms with Crippen LogP contribution in [0, 0.1) is 19.8 Å². The maximum atomic E-state index is 6.21. The SMILES string of the molecule is CN=C(/C(=C\N)CO[C@@H]1CN(C)C[C@@H]1C)c1ccn2nc(Nc3cc(C)nc(C)n3)cc2c1. The summed E-state index contributed by atoms with van der Waals surface area (Å²) in [5, 5.41) is 7.86. The summed E-state index contributed by atoms with van der Waals surface area (Å²) in [6.07, 6.45) is 3.71. The van der Waals surface area contributed by atoms with E-state index in [1.807, 2.05) is 48.8 Å². The van der Waals surface area contributed by atoms with Crippen molar-refractivity contribution in [3.8, 4) is 0 Å². The second-order valence-electron chi connectivity index (χ2n) is 8.69. The number of aliphatic imine (C=N–C) groups is 1. The van der Waals surface area contributed by atoms with Crippen molar-refractivity contribution in [2.75, 3.05) is 39.1 Å². The predicted molar refractivity (Wildman–Crippen MR) is 131 cm³/mol. The summed E-state index contributed by atoms with van der Waals surface area (Å²) in [6.45, 7) is 8.44. The molecule has 1 saturated heterocycles. The highest BCUT2D eigenvalue weighted by atomic mass is 16.5. The largest absolute Gasteiger partial charge is 0.404 e. The van der Waals surface area contributed by atoms with Crippen LogP contribution >= 0.6 is 0 Å². The number of nitrogens with one attached hydrogen (secondary N) is 1. The minimum Gasteiger partial charge on any atom is -0.404 e. The van der Waals surface area contributed by atoms with Crippen molar-refractivity contribution in [3.63, 3.8) is 0 Å². The van der Waals surface area contributed by atoms with Gasteiger partial charge in [0.2, 0.25) is 0 Å². The van der Waals surface area contributed by atoms with Gasteiger partial charge in [-0.3, -0.25) is 4.99 Å². The van der Waals surface area contributed by atoms with Crippen LogP contribution in [0.5, 0.6) is 0 Å². The van der Waals surface area contributed by atoms with Gasteiger partial charge in [0, 0.05) is 61.5 Å². The molecule has 9 nitrogen and oxygen atoms in total. The second-order valence-corrected chi connectivity index (χ2v) is 8.69. The Morgan fingerprint density at radius 1 is 1.24 bits per heavy atom. The fraction of sp³-hybridized carbons (Fsp3) is 0.417. The van der Waals surface area contributed by atoms with E-state index in [0.717, 1.165) is 47.0 Å². The van der Waals surface area contributed by atoms with Crippen molar-refractivity contribution in [2.24, 2.45) is 16.6 Å². The molecule has 0 spiro atoms. The lowest BCUT2D eigenvalue weighted by Gasteiger charge is -2.18. The van der Waals surface area contributed by atoms with Crippen LogP contribution in [0.15, 0.2) is 47.2 Å². The van der Waals surface area contributed by atoms with Gasteiger partial charge in [0.15, 0.2) is 5.82 Å². The van der Waals surface area contributed by atoms with Gasteiger partial charge in [-0.1, -0.05) is 6.92 Å². The van der Waals surface area contributed by atoms with Crippen LogP contribution in [0.2, 0.25) is 0 Å². The highest BCUT2D eigenvalue weighted by Gasteiger charge is 2.28.